The van der Waals surface area contributed by atoms with Crippen molar-refractivity contribution in [2.75, 3.05) is 19.5 Å². The van der Waals surface area contributed by atoms with Crippen molar-refractivity contribution in [1.29, 1.82) is 0 Å². The number of carbonyl (C=O) groups excluding carboxylic acids is 2. The molecular formula is C21H19ClN2O3. The van der Waals surface area contributed by atoms with Crippen LogP contribution in [0.3, 0.4) is 0 Å². The Morgan fingerprint density at radius 3 is 2.63 bits per heavy atom. The number of nitrogens with zero attached hydrogens (tertiary/aromatic N) is 1. The van der Waals surface area contributed by atoms with E-state index in [1.165, 1.54) is 18.1 Å². The van der Waals surface area contributed by atoms with E-state index in [9.17, 15) is 9.59 Å². The minimum absolute atomic E-state index is 0.0632. The van der Waals surface area contributed by atoms with Crippen LogP contribution in [-0.2, 0) is 16.0 Å². The number of aromatic nitrogens is 1. The summed E-state index contributed by atoms with van der Waals surface area (Å²) in [5, 5.41) is 1.18. The number of para-hydroxylation sites is 1. The molecule has 3 aromatic rings. The van der Waals surface area contributed by atoms with Crippen LogP contribution in [0.5, 0.6) is 0 Å². The molecule has 2 aromatic carbocycles. The number of aromatic amines is 1. The molecule has 0 aliphatic carbocycles. The zero-order chi connectivity index (χ0) is 19.0. The minimum atomic E-state index is -0.384. The number of hydrogen-bond acceptors (Lipinski definition) is 3. The number of nitrogens with one attached hydrogen (secondary N) is 1. The SMILES string of the molecule is COC(=O)c1ccc(C2c3[nH]c4ccccc4c3CCN2C(=O)CCl)cc1. The van der Waals surface area contributed by atoms with E-state index in [-0.39, 0.29) is 23.8 Å². The molecule has 4 rings (SSSR count). The van der Waals surface area contributed by atoms with Gasteiger partial charge in [-0.05, 0) is 35.7 Å². The third kappa shape index (κ3) is 2.98. The minimum Gasteiger partial charge on any atom is -0.465 e. The van der Waals surface area contributed by atoms with Crippen molar-refractivity contribution < 1.29 is 14.3 Å². The summed E-state index contributed by atoms with van der Waals surface area (Å²) in [6.45, 7) is 0.601. The van der Waals surface area contributed by atoms with E-state index in [4.69, 9.17) is 16.3 Å². The first-order valence-corrected chi connectivity index (χ1v) is 9.30. The summed E-state index contributed by atoms with van der Waals surface area (Å²) in [6, 6.07) is 15.1. The highest BCUT2D eigenvalue weighted by Gasteiger charge is 2.34. The first-order chi connectivity index (χ1) is 13.1. The second-order valence-electron chi connectivity index (χ2n) is 6.55. The average Bonchev–Trinajstić information content (AvgIpc) is 3.10. The summed E-state index contributed by atoms with van der Waals surface area (Å²) in [5.74, 6) is -0.556. The molecule has 0 bridgehead atoms. The number of methoxy groups -OCH3 is 1. The van der Waals surface area contributed by atoms with Gasteiger partial charge in [0.05, 0.1) is 18.7 Å². The Balaban J connectivity index is 1.84. The lowest BCUT2D eigenvalue weighted by Crippen LogP contribution is -2.41. The molecule has 1 amide bonds. The molecule has 1 aromatic heterocycles. The van der Waals surface area contributed by atoms with Crippen LogP contribution in [0.4, 0.5) is 0 Å². The molecule has 0 saturated heterocycles. The van der Waals surface area contributed by atoms with Crippen molar-refractivity contribution in [3.05, 3.63) is 70.9 Å². The van der Waals surface area contributed by atoms with Crippen LogP contribution in [0.2, 0.25) is 0 Å². The van der Waals surface area contributed by atoms with E-state index in [1.807, 2.05) is 30.3 Å². The van der Waals surface area contributed by atoms with Gasteiger partial charge in [0, 0.05) is 23.1 Å². The van der Waals surface area contributed by atoms with Crippen LogP contribution < -0.4 is 0 Å². The van der Waals surface area contributed by atoms with E-state index in [0.29, 0.717) is 12.1 Å². The highest BCUT2D eigenvalue weighted by atomic mass is 35.5. The Bertz CT molecular complexity index is 1010. The van der Waals surface area contributed by atoms with Crippen LogP contribution in [-0.4, -0.2) is 41.3 Å². The number of rotatable bonds is 3. The van der Waals surface area contributed by atoms with Crippen molar-refractivity contribution in [2.45, 2.75) is 12.5 Å². The second kappa shape index (κ2) is 7.08. The fourth-order valence-corrected chi connectivity index (χ4v) is 4.01. The Morgan fingerprint density at radius 1 is 1.19 bits per heavy atom. The zero-order valence-corrected chi connectivity index (χ0v) is 15.6. The van der Waals surface area contributed by atoms with Gasteiger partial charge in [-0.1, -0.05) is 30.3 Å². The van der Waals surface area contributed by atoms with Gasteiger partial charge >= 0.3 is 5.97 Å². The fraction of sp³-hybridized carbons (Fsp3) is 0.238. The fourth-order valence-electron chi connectivity index (χ4n) is 3.85. The lowest BCUT2D eigenvalue weighted by Gasteiger charge is -2.36. The van der Waals surface area contributed by atoms with Gasteiger partial charge in [-0.2, -0.15) is 0 Å². The number of fused-ring (bicyclic) bond motifs is 3. The van der Waals surface area contributed by atoms with E-state index < -0.39 is 0 Å². The molecule has 1 unspecified atom stereocenters. The van der Waals surface area contributed by atoms with Crippen LogP contribution in [0.25, 0.3) is 10.9 Å². The van der Waals surface area contributed by atoms with E-state index in [1.54, 1.807) is 17.0 Å². The van der Waals surface area contributed by atoms with Gasteiger partial charge in [0.2, 0.25) is 5.91 Å². The summed E-state index contributed by atoms with van der Waals surface area (Å²) in [5.41, 5.74) is 4.69. The number of hydrogen-bond donors (Lipinski definition) is 1. The molecule has 27 heavy (non-hydrogen) atoms. The number of esters is 1. The Kier molecular flexibility index (Phi) is 4.62. The maximum absolute atomic E-state index is 12.5. The number of carbonyl (C=O) groups is 2. The summed E-state index contributed by atoms with van der Waals surface area (Å²) in [7, 11) is 1.36. The average molecular weight is 383 g/mol. The smallest absolute Gasteiger partial charge is 0.337 e. The molecule has 0 fully saturated rings. The molecule has 2 heterocycles. The molecule has 138 valence electrons. The summed E-state index contributed by atoms with van der Waals surface area (Å²) >= 11 is 5.87. The predicted molar refractivity (Wildman–Crippen MR) is 104 cm³/mol. The third-order valence-corrected chi connectivity index (χ3v) is 5.35. The largest absolute Gasteiger partial charge is 0.465 e. The van der Waals surface area contributed by atoms with Crippen molar-refractivity contribution in [1.82, 2.24) is 9.88 Å². The van der Waals surface area contributed by atoms with E-state index >= 15 is 0 Å². The van der Waals surface area contributed by atoms with Gasteiger partial charge in [-0.3, -0.25) is 4.79 Å². The first-order valence-electron chi connectivity index (χ1n) is 8.77. The van der Waals surface area contributed by atoms with Gasteiger partial charge < -0.3 is 14.6 Å². The van der Waals surface area contributed by atoms with Crippen molar-refractivity contribution in [3.8, 4) is 0 Å². The zero-order valence-electron chi connectivity index (χ0n) is 14.9. The highest BCUT2D eigenvalue weighted by molar-refractivity contribution is 6.27. The number of ether oxygens (including phenoxy) is 1. The molecule has 1 aliphatic heterocycles. The molecule has 6 heteroatoms. The van der Waals surface area contributed by atoms with Gasteiger partial charge in [-0.15, -0.1) is 11.6 Å². The van der Waals surface area contributed by atoms with E-state index in [0.717, 1.165) is 23.2 Å². The standard InChI is InChI=1S/C21H19ClN2O3/c1-27-21(26)14-8-6-13(7-9-14)20-19-16(10-11-24(20)18(25)12-22)15-4-2-3-5-17(15)23-19/h2-9,20,23H,10-12H2,1H3. The molecule has 1 atom stereocenters. The summed E-state index contributed by atoms with van der Waals surface area (Å²) in [6.07, 6.45) is 0.777. The lowest BCUT2D eigenvalue weighted by atomic mass is 9.92. The van der Waals surface area contributed by atoms with Crippen LogP contribution in [0.15, 0.2) is 48.5 Å². The quantitative estimate of drug-likeness (QED) is 0.555. The number of alkyl halides is 1. The molecule has 1 N–H and O–H groups in total. The maximum atomic E-state index is 12.5. The van der Waals surface area contributed by atoms with Gasteiger partial charge in [-0.25, -0.2) is 4.79 Å². The monoisotopic (exact) mass is 382 g/mol. The van der Waals surface area contributed by atoms with Crippen molar-refractivity contribution in [2.24, 2.45) is 0 Å². The second-order valence-corrected chi connectivity index (χ2v) is 6.82. The number of amides is 1. The predicted octanol–water partition coefficient (Wildman–Crippen LogP) is 3.67. The van der Waals surface area contributed by atoms with Gasteiger partial charge in [0.1, 0.15) is 5.88 Å². The third-order valence-electron chi connectivity index (χ3n) is 5.12. The summed E-state index contributed by atoms with van der Waals surface area (Å²) in [4.78, 5) is 29.5. The highest BCUT2D eigenvalue weighted by Crippen LogP contribution is 2.38. The van der Waals surface area contributed by atoms with Crippen LogP contribution in [0.1, 0.15) is 33.2 Å². The first kappa shape index (κ1) is 17.6. The Hall–Kier alpha value is -2.79. The number of H-pyrrole nitrogens is 1. The maximum Gasteiger partial charge on any atom is 0.337 e. The van der Waals surface area contributed by atoms with Crippen molar-refractivity contribution in [3.63, 3.8) is 0 Å². The number of halogens is 1. The number of benzene rings is 2. The normalized spacial score (nSPS) is 16.2. The van der Waals surface area contributed by atoms with Gasteiger partial charge in [0.25, 0.3) is 0 Å². The van der Waals surface area contributed by atoms with Crippen LogP contribution >= 0.6 is 11.6 Å². The summed E-state index contributed by atoms with van der Waals surface area (Å²) < 4.78 is 4.77. The van der Waals surface area contributed by atoms with Gasteiger partial charge in [0.15, 0.2) is 0 Å². The molecule has 5 nitrogen and oxygen atoms in total. The lowest BCUT2D eigenvalue weighted by molar-refractivity contribution is -0.130. The molecule has 0 saturated carbocycles. The Labute approximate surface area is 161 Å². The Morgan fingerprint density at radius 2 is 1.93 bits per heavy atom. The molecular weight excluding hydrogens is 364 g/mol. The topological polar surface area (TPSA) is 62.4 Å². The molecule has 0 radical (unpaired) electrons. The van der Waals surface area contributed by atoms with E-state index in [2.05, 4.69) is 11.1 Å². The van der Waals surface area contributed by atoms with Crippen LogP contribution in [0, 0.1) is 0 Å². The molecule has 1 aliphatic rings. The molecule has 0 spiro atoms. The van der Waals surface area contributed by atoms with Crippen molar-refractivity contribution >= 4 is 34.4 Å².